The Morgan fingerprint density at radius 2 is 1.95 bits per heavy atom. The molecule has 2 nitrogen and oxygen atoms in total. The molecule has 0 fully saturated rings. The smallest absolute Gasteiger partial charge is 0.324 e. The van der Waals surface area contributed by atoms with Gasteiger partial charge in [0.1, 0.15) is 5.82 Å². The minimum absolute atomic E-state index is 0.0867. The summed E-state index contributed by atoms with van der Waals surface area (Å²) in [5.74, 6) is -0.601. The van der Waals surface area contributed by atoms with E-state index in [0.29, 0.717) is 0 Å². The first-order valence-electron chi connectivity index (χ1n) is 6.00. The molecule has 0 radical (unpaired) electrons. The third kappa shape index (κ3) is 3.51. The Bertz CT molecular complexity index is 623. The zero-order valence-electron chi connectivity index (χ0n) is 10.7. The van der Waals surface area contributed by atoms with Crippen molar-refractivity contribution in [2.24, 2.45) is 5.73 Å². The van der Waals surface area contributed by atoms with Crippen molar-refractivity contribution in [3.8, 4) is 0 Å². The van der Waals surface area contributed by atoms with Gasteiger partial charge in [-0.3, -0.25) is 4.98 Å². The fourth-order valence-electron chi connectivity index (χ4n) is 2.02. The SMILES string of the molecule is NC(Cc1c(F)cccc1Cl)c1cnccc1C(F)(F)F. The second kappa shape index (κ2) is 5.99. The number of hydrogen-bond donors (Lipinski definition) is 1. The number of hydrogen-bond acceptors (Lipinski definition) is 2. The molecule has 0 aliphatic carbocycles. The van der Waals surface area contributed by atoms with Crippen molar-refractivity contribution in [1.82, 2.24) is 4.98 Å². The molecule has 2 rings (SSSR count). The Balaban J connectivity index is 2.36. The fraction of sp³-hybridized carbons (Fsp3) is 0.214. The number of halogens is 5. The highest BCUT2D eigenvalue weighted by Crippen LogP contribution is 2.35. The average Bonchev–Trinajstić information content (AvgIpc) is 2.42. The van der Waals surface area contributed by atoms with Crippen LogP contribution < -0.4 is 5.73 Å². The monoisotopic (exact) mass is 318 g/mol. The molecule has 1 aromatic heterocycles. The minimum Gasteiger partial charge on any atom is -0.324 e. The van der Waals surface area contributed by atoms with Gasteiger partial charge in [0.25, 0.3) is 0 Å². The predicted molar refractivity (Wildman–Crippen MR) is 71.3 cm³/mol. The third-order valence-electron chi connectivity index (χ3n) is 3.04. The molecule has 1 atom stereocenters. The molecule has 7 heteroatoms. The molecular weight excluding hydrogens is 308 g/mol. The lowest BCUT2D eigenvalue weighted by atomic mass is 9.96. The van der Waals surface area contributed by atoms with E-state index in [2.05, 4.69) is 4.98 Å². The summed E-state index contributed by atoms with van der Waals surface area (Å²) in [7, 11) is 0. The van der Waals surface area contributed by atoms with Crippen molar-refractivity contribution < 1.29 is 17.6 Å². The van der Waals surface area contributed by atoms with Gasteiger partial charge in [0.15, 0.2) is 0 Å². The number of alkyl halides is 3. The van der Waals surface area contributed by atoms with Crippen LogP contribution in [-0.2, 0) is 12.6 Å². The van der Waals surface area contributed by atoms with Gasteiger partial charge >= 0.3 is 6.18 Å². The Kier molecular flexibility index (Phi) is 4.49. The highest BCUT2D eigenvalue weighted by Gasteiger charge is 2.34. The normalized spacial score (nSPS) is 13.2. The molecule has 0 bridgehead atoms. The van der Waals surface area contributed by atoms with Crippen LogP contribution in [0, 0.1) is 5.82 Å². The number of nitrogens with two attached hydrogens (primary N) is 1. The molecule has 21 heavy (non-hydrogen) atoms. The number of benzene rings is 1. The van der Waals surface area contributed by atoms with E-state index >= 15 is 0 Å². The van der Waals surface area contributed by atoms with Crippen LogP contribution in [0.4, 0.5) is 17.6 Å². The summed E-state index contributed by atoms with van der Waals surface area (Å²) in [6, 6.07) is 3.84. The van der Waals surface area contributed by atoms with E-state index < -0.39 is 23.6 Å². The summed E-state index contributed by atoms with van der Waals surface area (Å²) in [4.78, 5) is 3.66. The molecule has 2 N–H and O–H groups in total. The number of pyridine rings is 1. The highest BCUT2D eigenvalue weighted by molar-refractivity contribution is 6.31. The lowest BCUT2D eigenvalue weighted by Gasteiger charge is -2.18. The van der Waals surface area contributed by atoms with Crippen LogP contribution in [0.3, 0.4) is 0 Å². The van der Waals surface area contributed by atoms with Crippen molar-refractivity contribution in [3.05, 3.63) is 64.2 Å². The molecule has 0 saturated carbocycles. The molecule has 1 aromatic carbocycles. The molecule has 0 aliphatic rings. The van der Waals surface area contributed by atoms with Crippen LogP contribution >= 0.6 is 11.6 Å². The van der Waals surface area contributed by atoms with Crippen LogP contribution in [0.2, 0.25) is 5.02 Å². The first-order valence-corrected chi connectivity index (χ1v) is 6.38. The Morgan fingerprint density at radius 3 is 2.57 bits per heavy atom. The van der Waals surface area contributed by atoms with Crippen molar-refractivity contribution in [2.75, 3.05) is 0 Å². The van der Waals surface area contributed by atoms with E-state index in [-0.39, 0.29) is 22.6 Å². The summed E-state index contributed by atoms with van der Waals surface area (Å²) in [5, 5.41) is 0.128. The Morgan fingerprint density at radius 1 is 1.24 bits per heavy atom. The maximum absolute atomic E-state index is 13.7. The summed E-state index contributed by atoms with van der Waals surface area (Å²) in [6.45, 7) is 0. The van der Waals surface area contributed by atoms with Gasteiger partial charge in [-0.25, -0.2) is 4.39 Å². The lowest BCUT2D eigenvalue weighted by Crippen LogP contribution is -2.20. The van der Waals surface area contributed by atoms with Gasteiger partial charge in [-0.2, -0.15) is 13.2 Å². The van der Waals surface area contributed by atoms with Crippen molar-refractivity contribution in [1.29, 1.82) is 0 Å². The quantitative estimate of drug-likeness (QED) is 0.864. The Labute approximate surface area is 123 Å². The summed E-state index contributed by atoms with van der Waals surface area (Å²) < 4.78 is 52.5. The maximum atomic E-state index is 13.7. The highest BCUT2D eigenvalue weighted by atomic mass is 35.5. The van der Waals surface area contributed by atoms with E-state index in [4.69, 9.17) is 17.3 Å². The van der Waals surface area contributed by atoms with Gasteiger partial charge in [-0.05, 0) is 30.2 Å². The van der Waals surface area contributed by atoms with E-state index in [1.54, 1.807) is 0 Å². The van der Waals surface area contributed by atoms with Crippen LogP contribution in [-0.4, -0.2) is 4.98 Å². The van der Waals surface area contributed by atoms with Gasteiger partial charge in [0, 0.05) is 29.0 Å². The third-order valence-corrected chi connectivity index (χ3v) is 3.40. The van der Waals surface area contributed by atoms with Crippen molar-refractivity contribution >= 4 is 11.6 Å². The first-order chi connectivity index (χ1) is 9.80. The van der Waals surface area contributed by atoms with E-state index in [1.807, 2.05) is 0 Å². The maximum Gasteiger partial charge on any atom is 0.416 e. The van der Waals surface area contributed by atoms with Gasteiger partial charge in [0.2, 0.25) is 0 Å². The summed E-state index contributed by atoms with van der Waals surface area (Å²) in [5.41, 5.74) is 4.82. The standard InChI is InChI=1S/C14H11ClF4N2/c15-11-2-1-3-12(16)8(11)6-13(20)9-7-21-5-4-10(9)14(17,18)19/h1-5,7,13H,6,20H2. The molecule has 1 unspecified atom stereocenters. The lowest BCUT2D eigenvalue weighted by molar-refractivity contribution is -0.138. The van der Waals surface area contributed by atoms with E-state index in [1.165, 1.54) is 18.2 Å². The molecule has 0 amide bonds. The summed E-state index contributed by atoms with van der Waals surface area (Å²) in [6.07, 6.45) is -2.62. The molecule has 112 valence electrons. The van der Waals surface area contributed by atoms with Crippen molar-refractivity contribution in [3.63, 3.8) is 0 Å². The van der Waals surface area contributed by atoms with Gasteiger partial charge in [-0.1, -0.05) is 17.7 Å². The number of rotatable bonds is 3. The van der Waals surface area contributed by atoms with Crippen LogP contribution in [0.1, 0.15) is 22.7 Å². The molecular formula is C14H11ClF4N2. The van der Waals surface area contributed by atoms with E-state index in [9.17, 15) is 17.6 Å². The molecule has 0 saturated heterocycles. The van der Waals surface area contributed by atoms with Gasteiger partial charge < -0.3 is 5.73 Å². The van der Waals surface area contributed by atoms with Crippen LogP contribution in [0.5, 0.6) is 0 Å². The molecule has 1 heterocycles. The van der Waals surface area contributed by atoms with Crippen LogP contribution in [0.25, 0.3) is 0 Å². The zero-order chi connectivity index (χ0) is 15.6. The topological polar surface area (TPSA) is 38.9 Å². The predicted octanol–water partition coefficient (Wildman–Crippen LogP) is 4.14. The Hall–Kier alpha value is -1.66. The van der Waals surface area contributed by atoms with Gasteiger partial charge in [-0.15, -0.1) is 0 Å². The first kappa shape index (κ1) is 15.7. The fourth-order valence-corrected chi connectivity index (χ4v) is 2.26. The second-order valence-electron chi connectivity index (χ2n) is 4.47. The summed E-state index contributed by atoms with van der Waals surface area (Å²) >= 11 is 5.86. The zero-order valence-corrected chi connectivity index (χ0v) is 11.4. The molecule has 0 spiro atoms. The van der Waals surface area contributed by atoms with Crippen molar-refractivity contribution in [2.45, 2.75) is 18.6 Å². The molecule has 0 aliphatic heterocycles. The number of nitrogens with zero attached hydrogens (tertiary/aromatic N) is 1. The second-order valence-corrected chi connectivity index (χ2v) is 4.88. The minimum atomic E-state index is -4.55. The average molecular weight is 319 g/mol. The van der Waals surface area contributed by atoms with E-state index in [0.717, 1.165) is 18.5 Å². The molecule has 2 aromatic rings. The van der Waals surface area contributed by atoms with Gasteiger partial charge in [0.05, 0.1) is 5.56 Å². The van der Waals surface area contributed by atoms with Crippen LogP contribution in [0.15, 0.2) is 36.7 Å². The number of aromatic nitrogens is 1. The largest absolute Gasteiger partial charge is 0.416 e.